The maximum Gasteiger partial charge on any atom is 0.162 e. The number of ether oxygens (including phenoxy) is 2. The molecule has 0 aliphatic rings. The molecule has 114 valence electrons. The van der Waals surface area contributed by atoms with Crippen LogP contribution in [0.3, 0.4) is 0 Å². The largest absolute Gasteiger partial charge is 0.490 e. The molecule has 0 spiro atoms. The van der Waals surface area contributed by atoms with Crippen molar-refractivity contribution in [3.05, 3.63) is 22.2 Å². The van der Waals surface area contributed by atoms with E-state index in [2.05, 4.69) is 41.2 Å². The van der Waals surface area contributed by atoms with E-state index >= 15 is 0 Å². The Labute approximate surface area is 131 Å². The molecule has 0 aliphatic heterocycles. The molecular weight excluding hydrogens is 318 g/mol. The summed E-state index contributed by atoms with van der Waals surface area (Å²) in [5.41, 5.74) is 1.24. The van der Waals surface area contributed by atoms with Gasteiger partial charge in [-0.2, -0.15) is 0 Å². The molecule has 0 saturated heterocycles. The molecule has 0 amide bonds. The predicted octanol–water partition coefficient (Wildman–Crippen LogP) is 4.70. The molecule has 1 atom stereocenters. The highest BCUT2D eigenvalue weighted by Gasteiger charge is 2.17. The van der Waals surface area contributed by atoms with Gasteiger partial charge in [0.05, 0.1) is 13.2 Å². The van der Waals surface area contributed by atoms with Crippen LogP contribution in [0.15, 0.2) is 16.6 Å². The Morgan fingerprint density at radius 1 is 1.05 bits per heavy atom. The van der Waals surface area contributed by atoms with Crippen LogP contribution in [-0.2, 0) is 0 Å². The molecule has 20 heavy (non-hydrogen) atoms. The fourth-order valence-electron chi connectivity index (χ4n) is 2.26. The van der Waals surface area contributed by atoms with E-state index < -0.39 is 0 Å². The van der Waals surface area contributed by atoms with Crippen molar-refractivity contribution >= 4 is 15.9 Å². The summed E-state index contributed by atoms with van der Waals surface area (Å²) in [5.74, 6) is 1.63. The lowest BCUT2D eigenvalue weighted by Gasteiger charge is -2.21. The lowest BCUT2D eigenvalue weighted by molar-refractivity contribution is 0.286. The first-order valence-electron chi connectivity index (χ1n) is 7.50. The minimum Gasteiger partial charge on any atom is -0.490 e. The van der Waals surface area contributed by atoms with Gasteiger partial charge in [-0.3, -0.25) is 0 Å². The van der Waals surface area contributed by atoms with Gasteiger partial charge in [-0.25, -0.2) is 0 Å². The Morgan fingerprint density at radius 2 is 1.65 bits per heavy atom. The molecule has 1 N–H and O–H groups in total. The molecule has 1 aromatic rings. The Balaban J connectivity index is 3.14. The van der Waals surface area contributed by atoms with E-state index in [1.807, 2.05) is 19.9 Å². The van der Waals surface area contributed by atoms with Crippen LogP contribution in [0.1, 0.15) is 52.1 Å². The summed E-state index contributed by atoms with van der Waals surface area (Å²) >= 11 is 3.67. The Morgan fingerprint density at radius 3 is 2.15 bits per heavy atom. The van der Waals surface area contributed by atoms with Gasteiger partial charge in [0.15, 0.2) is 11.5 Å². The number of benzene rings is 1. The maximum atomic E-state index is 5.72. The van der Waals surface area contributed by atoms with Gasteiger partial charge in [0, 0.05) is 10.5 Å². The van der Waals surface area contributed by atoms with Gasteiger partial charge < -0.3 is 14.8 Å². The first-order valence-corrected chi connectivity index (χ1v) is 8.29. The lowest BCUT2D eigenvalue weighted by atomic mass is 10.0. The predicted molar refractivity (Wildman–Crippen MR) is 87.8 cm³/mol. The zero-order valence-electron chi connectivity index (χ0n) is 13.0. The Hall–Kier alpha value is -0.740. The molecule has 0 aromatic heterocycles. The molecule has 0 bridgehead atoms. The molecule has 1 unspecified atom stereocenters. The SMILES string of the molecule is CCCC(NCC)c1cc(OCC)c(OCC)cc1Br. The maximum absolute atomic E-state index is 5.72. The standard InChI is InChI=1S/C16H26BrNO2/c1-5-9-14(18-6-2)12-10-15(19-7-3)16(20-8-4)11-13(12)17/h10-11,14,18H,5-9H2,1-4H3. The molecule has 1 aromatic carbocycles. The van der Waals surface area contributed by atoms with Gasteiger partial charge >= 0.3 is 0 Å². The van der Waals surface area contributed by atoms with Crippen LogP contribution in [0, 0.1) is 0 Å². The van der Waals surface area contributed by atoms with Crippen LogP contribution < -0.4 is 14.8 Å². The first kappa shape index (κ1) is 17.3. The summed E-state index contributed by atoms with van der Waals surface area (Å²) in [4.78, 5) is 0. The van der Waals surface area contributed by atoms with Crippen molar-refractivity contribution in [1.29, 1.82) is 0 Å². The first-order chi connectivity index (χ1) is 9.67. The van der Waals surface area contributed by atoms with Crippen LogP contribution in [0.2, 0.25) is 0 Å². The van der Waals surface area contributed by atoms with Crippen LogP contribution in [-0.4, -0.2) is 19.8 Å². The van der Waals surface area contributed by atoms with E-state index in [1.54, 1.807) is 0 Å². The minimum absolute atomic E-state index is 0.342. The van der Waals surface area contributed by atoms with Crippen LogP contribution in [0.25, 0.3) is 0 Å². The average molecular weight is 344 g/mol. The van der Waals surface area contributed by atoms with E-state index in [4.69, 9.17) is 9.47 Å². The van der Waals surface area contributed by atoms with Crippen molar-refractivity contribution in [2.75, 3.05) is 19.8 Å². The van der Waals surface area contributed by atoms with Gasteiger partial charge in [0.1, 0.15) is 0 Å². The third kappa shape index (κ3) is 4.67. The summed E-state index contributed by atoms with van der Waals surface area (Å²) < 4.78 is 12.4. The number of halogens is 1. The smallest absolute Gasteiger partial charge is 0.162 e. The summed E-state index contributed by atoms with van der Waals surface area (Å²) in [6.45, 7) is 10.5. The third-order valence-electron chi connectivity index (χ3n) is 3.07. The van der Waals surface area contributed by atoms with E-state index in [0.717, 1.165) is 35.4 Å². The van der Waals surface area contributed by atoms with Crippen molar-refractivity contribution in [2.24, 2.45) is 0 Å². The molecule has 0 fully saturated rings. The highest BCUT2D eigenvalue weighted by molar-refractivity contribution is 9.10. The van der Waals surface area contributed by atoms with Gasteiger partial charge in [0.25, 0.3) is 0 Å². The van der Waals surface area contributed by atoms with Crippen LogP contribution >= 0.6 is 15.9 Å². The van der Waals surface area contributed by atoms with Gasteiger partial charge in [-0.05, 0) is 44.5 Å². The molecule has 0 saturated carbocycles. The third-order valence-corrected chi connectivity index (χ3v) is 3.75. The Bertz CT molecular complexity index is 404. The average Bonchev–Trinajstić information content (AvgIpc) is 2.42. The van der Waals surface area contributed by atoms with Gasteiger partial charge in [-0.15, -0.1) is 0 Å². The molecular formula is C16H26BrNO2. The topological polar surface area (TPSA) is 30.5 Å². The summed E-state index contributed by atoms with van der Waals surface area (Å²) in [6.07, 6.45) is 2.24. The number of hydrogen-bond donors (Lipinski definition) is 1. The molecule has 0 heterocycles. The van der Waals surface area contributed by atoms with Crippen LogP contribution in [0.5, 0.6) is 11.5 Å². The van der Waals surface area contributed by atoms with Crippen molar-refractivity contribution in [3.63, 3.8) is 0 Å². The second-order valence-electron chi connectivity index (χ2n) is 4.59. The highest BCUT2D eigenvalue weighted by Crippen LogP contribution is 2.37. The summed E-state index contributed by atoms with van der Waals surface area (Å²) in [6, 6.07) is 4.46. The van der Waals surface area contributed by atoms with Gasteiger partial charge in [-0.1, -0.05) is 36.2 Å². The van der Waals surface area contributed by atoms with Crippen molar-refractivity contribution in [2.45, 2.75) is 46.6 Å². The van der Waals surface area contributed by atoms with Gasteiger partial charge in [0.2, 0.25) is 0 Å². The minimum atomic E-state index is 0.342. The van der Waals surface area contributed by atoms with Crippen molar-refractivity contribution < 1.29 is 9.47 Å². The monoisotopic (exact) mass is 343 g/mol. The van der Waals surface area contributed by atoms with E-state index in [9.17, 15) is 0 Å². The molecule has 4 heteroatoms. The van der Waals surface area contributed by atoms with E-state index in [1.165, 1.54) is 5.56 Å². The molecule has 0 radical (unpaired) electrons. The number of rotatable bonds is 9. The summed E-state index contributed by atoms with van der Waals surface area (Å²) in [7, 11) is 0. The fourth-order valence-corrected chi connectivity index (χ4v) is 2.86. The van der Waals surface area contributed by atoms with Crippen LogP contribution in [0.4, 0.5) is 0 Å². The highest BCUT2D eigenvalue weighted by atomic mass is 79.9. The fraction of sp³-hybridized carbons (Fsp3) is 0.625. The second-order valence-corrected chi connectivity index (χ2v) is 5.44. The van der Waals surface area contributed by atoms with E-state index in [0.29, 0.717) is 19.3 Å². The molecule has 3 nitrogen and oxygen atoms in total. The zero-order chi connectivity index (χ0) is 15.0. The van der Waals surface area contributed by atoms with Crippen molar-refractivity contribution in [3.8, 4) is 11.5 Å². The Kier molecular flexibility index (Phi) is 8.00. The number of hydrogen-bond acceptors (Lipinski definition) is 3. The quantitative estimate of drug-likeness (QED) is 0.704. The number of nitrogens with one attached hydrogen (secondary N) is 1. The lowest BCUT2D eigenvalue weighted by Crippen LogP contribution is -2.21. The summed E-state index contributed by atoms with van der Waals surface area (Å²) in [5, 5.41) is 3.54. The van der Waals surface area contributed by atoms with Crippen molar-refractivity contribution in [1.82, 2.24) is 5.32 Å². The molecule has 1 rings (SSSR count). The van der Waals surface area contributed by atoms with E-state index in [-0.39, 0.29) is 0 Å². The zero-order valence-corrected chi connectivity index (χ0v) is 14.5. The molecule has 0 aliphatic carbocycles. The normalized spacial score (nSPS) is 12.2. The second kappa shape index (κ2) is 9.24.